The molecule has 2 aliphatic heterocycles. The Morgan fingerprint density at radius 3 is 1.28 bits per heavy atom. The first kappa shape index (κ1) is 49.7. The number of hydrogen-bond donors (Lipinski definition) is 0. The fraction of sp³-hybridized carbons (Fsp3) is 0.229. The van der Waals surface area contributed by atoms with Crippen molar-refractivity contribution in [3.63, 3.8) is 0 Å². The van der Waals surface area contributed by atoms with Crippen LogP contribution in [0.15, 0.2) is 182 Å². The van der Waals surface area contributed by atoms with E-state index < -0.39 is 0 Å². The van der Waals surface area contributed by atoms with Crippen molar-refractivity contribution in [1.82, 2.24) is 0 Å². The Bertz CT molecular complexity index is 3580. The van der Waals surface area contributed by atoms with Crippen LogP contribution < -0.4 is 26.0 Å². The molecule has 2 heterocycles. The molecule has 0 fully saturated rings. The van der Waals surface area contributed by atoms with E-state index >= 15 is 8.78 Å². The molecule has 2 aliphatic rings. The first-order chi connectivity index (χ1) is 35.5. The molecule has 0 atom stereocenters. The third kappa shape index (κ3) is 9.09. The largest absolute Gasteiger partial charge is 0.458 e. The van der Waals surface area contributed by atoms with Crippen molar-refractivity contribution in [2.45, 2.75) is 105 Å². The highest BCUT2D eigenvalue weighted by Crippen LogP contribution is 2.51. The van der Waals surface area contributed by atoms with Crippen LogP contribution in [0.5, 0.6) is 11.5 Å². The topological polar surface area (TPSA) is 12.5 Å². The summed E-state index contributed by atoms with van der Waals surface area (Å²) in [4.78, 5) is 2.28. The molecule has 0 N–H and O–H groups in total. The highest BCUT2D eigenvalue weighted by Gasteiger charge is 2.44. The maximum absolute atomic E-state index is 16.6. The number of rotatable bonds is 6. The van der Waals surface area contributed by atoms with Crippen molar-refractivity contribution in [2.75, 3.05) is 4.90 Å². The molecule has 0 unspecified atom stereocenters. The Hall–Kier alpha value is -7.50. The van der Waals surface area contributed by atoms with Gasteiger partial charge in [-0.15, -0.1) is 0 Å². The number of ether oxygens (including phenoxy) is 1. The zero-order valence-electron chi connectivity index (χ0n) is 45.5. The first-order valence-corrected chi connectivity index (χ1v) is 26.5. The smallest absolute Gasteiger partial charge is 0.256 e. The minimum Gasteiger partial charge on any atom is -0.458 e. The van der Waals surface area contributed by atoms with Gasteiger partial charge in [-0.25, -0.2) is 8.78 Å². The summed E-state index contributed by atoms with van der Waals surface area (Å²) in [6.45, 7) is 27.1. The molecule has 11 rings (SSSR count). The van der Waals surface area contributed by atoms with Gasteiger partial charge >= 0.3 is 0 Å². The lowest BCUT2D eigenvalue weighted by molar-refractivity contribution is 0.488. The van der Waals surface area contributed by atoms with E-state index in [1.54, 1.807) is 12.1 Å². The molecule has 5 heteroatoms. The number of hydrogen-bond acceptors (Lipinski definition) is 2. The number of fused-ring (bicyclic) bond motifs is 4. The van der Waals surface area contributed by atoms with Gasteiger partial charge in [-0.2, -0.15) is 0 Å². The minimum atomic E-state index is -0.363. The summed E-state index contributed by atoms with van der Waals surface area (Å²) in [5, 5.41) is 0. The zero-order chi connectivity index (χ0) is 52.9. The van der Waals surface area contributed by atoms with Crippen LogP contribution in [0.2, 0.25) is 0 Å². The minimum absolute atomic E-state index is 0.0720. The summed E-state index contributed by atoms with van der Waals surface area (Å²) in [5.41, 5.74) is 19.0. The summed E-state index contributed by atoms with van der Waals surface area (Å²) < 4.78 is 40.4. The predicted octanol–water partition coefficient (Wildman–Crippen LogP) is 17.9. The molecule has 0 spiro atoms. The third-order valence-corrected chi connectivity index (χ3v) is 15.5. The molecule has 75 heavy (non-hydrogen) atoms. The van der Waals surface area contributed by atoms with Crippen LogP contribution in [-0.2, 0) is 21.7 Å². The SMILES string of the molecule is CC(C)(C)c1cc(-c2ccc3c(c2)B2c4cc(-c5cc(C(C)(C)C)cc(C(C)(C)C)c5)ccc4N(c4c(-c5ccccc5F)cccc4-c4ccccc4F)c4cc(-c5ccccc5)cc(c42)O3)cc(C(C)(C)C)c1. The zero-order valence-corrected chi connectivity index (χ0v) is 45.5. The van der Waals surface area contributed by atoms with Gasteiger partial charge in [-0.05, 0) is 130 Å². The van der Waals surface area contributed by atoms with Crippen molar-refractivity contribution in [3.8, 4) is 67.1 Å². The van der Waals surface area contributed by atoms with Gasteiger partial charge in [0, 0.05) is 33.6 Å². The van der Waals surface area contributed by atoms with Crippen molar-refractivity contribution in [1.29, 1.82) is 0 Å². The van der Waals surface area contributed by atoms with Gasteiger partial charge in [-0.3, -0.25) is 0 Å². The average molecular weight is 986 g/mol. The van der Waals surface area contributed by atoms with Crippen molar-refractivity contribution >= 4 is 40.2 Å². The molecule has 0 aromatic heterocycles. The van der Waals surface area contributed by atoms with Crippen LogP contribution >= 0.6 is 0 Å². The lowest BCUT2D eigenvalue weighted by Gasteiger charge is -2.42. The van der Waals surface area contributed by atoms with E-state index in [9.17, 15) is 0 Å². The predicted molar refractivity (Wildman–Crippen MR) is 314 cm³/mol. The summed E-state index contributed by atoms with van der Waals surface area (Å²) in [6.07, 6.45) is 0. The van der Waals surface area contributed by atoms with Gasteiger partial charge in [0.25, 0.3) is 6.71 Å². The highest BCUT2D eigenvalue weighted by atomic mass is 19.1. The van der Waals surface area contributed by atoms with Crippen molar-refractivity contribution in [2.24, 2.45) is 0 Å². The van der Waals surface area contributed by atoms with E-state index in [-0.39, 0.29) is 40.0 Å². The fourth-order valence-electron chi connectivity index (χ4n) is 11.1. The van der Waals surface area contributed by atoms with E-state index in [0.717, 1.165) is 72.6 Å². The van der Waals surface area contributed by atoms with E-state index in [1.807, 2.05) is 48.5 Å². The summed E-state index contributed by atoms with van der Waals surface area (Å²) in [7, 11) is 0. The molecular weight excluding hydrogens is 920 g/mol. The first-order valence-electron chi connectivity index (χ1n) is 26.5. The summed E-state index contributed by atoms with van der Waals surface area (Å²) in [6, 6.07) is 62.2. The lowest BCUT2D eigenvalue weighted by Crippen LogP contribution is -2.59. The van der Waals surface area contributed by atoms with Gasteiger partial charge in [0.15, 0.2) is 0 Å². The third-order valence-electron chi connectivity index (χ3n) is 15.5. The molecule has 0 bridgehead atoms. The monoisotopic (exact) mass is 986 g/mol. The number of halogens is 2. The Balaban J connectivity index is 1.26. The summed E-state index contributed by atoms with van der Waals surface area (Å²) >= 11 is 0. The van der Waals surface area contributed by atoms with Gasteiger partial charge < -0.3 is 9.64 Å². The summed E-state index contributed by atoms with van der Waals surface area (Å²) in [5.74, 6) is 0.809. The molecule has 0 saturated carbocycles. The molecule has 2 nitrogen and oxygen atoms in total. The van der Waals surface area contributed by atoms with Crippen molar-refractivity contribution < 1.29 is 13.5 Å². The average Bonchev–Trinajstić information content (AvgIpc) is 3.45. The molecule has 9 aromatic rings. The molecule has 0 aliphatic carbocycles. The van der Waals surface area contributed by atoms with Gasteiger partial charge in [-0.1, -0.05) is 229 Å². The molecule has 0 radical (unpaired) electrons. The van der Waals surface area contributed by atoms with Gasteiger partial charge in [0.2, 0.25) is 0 Å². The number of para-hydroxylation sites is 1. The second-order valence-electron chi connectivity index (χ2n) is 24.9. The standard InChI is InChI=1S/C70H66BF2NO/c1-67(2,3)49-33-46(34-50(41-49)68(4,5)6)44-29-31-61-57(37-44)71-58-38-45(47-35-51(69(7,8)9)42-52(36-47)70(10,11)12)30-32-63(58)75-64-40-48(43-21-14-13-15-22-43)39-62(65(64)71)74(61)66-55(53-23-16-18-27-59(53)72)25-20-26-56(66)54-24-17-19-28-60(54)73/h13-42H,1-12H3. The second-order valence-corrected chi connectivity index (χ2v) is 24.9. The fourth-order valence-corrected chi connectivity index (χ4v) is 11.1. The van der Waals surface area contributed by atoms with E-state index in [0.29, 0.717) is 27.9 Å². The van der Waals surface area contributed by atoms with Crippen LogP contribution in [0.4, 0.5) is 25.8 Å². The number of nitrogens with zero attached hydrogens (tertiary/aromatic N) is 1. The van der Waals surface area contributed by atoms with Crippen LogP contribution in [0, 0.1) is 11.6 Å². The Kier molecular flexibility index (Phi) is 12.0. The van der Waals surface area contributed by atoms with E-state index in [1.165, 1.54) is 34.4 Å². The lowest BCUT2D eigenvalue weighted by atomic mass is 9.34. The van der Waals surface area contributed by atoms with Crippen LogP contribution in [-0.4, -0.2) is 6.71 Å². The number of anilines is 3. The molecule has 0 amide bonds. The quantitative estimate of drug-likeness (QED) is 0.154. The van der Waals surface area contributed by atoms with E-state index in [2.05, 4.69) is 197 Å². The Morgan fingerprint density at radius 1 is 0.347 bits per heavy atom. The van der Waals surface area contributed by atoms with Gasteiger partial charge in [0.05, 0.1) is 5.69 Å². The van der Waals surface area contributed by atoms with Crippen LogP contribution in [0.25, 0.3) is 55.6 Å². The highest BCUT2D eigenvalue weighted by molar-refractivity contribution is 6.99. The molecule has 374 valence electrons. The normalized spacial score (nSPS) is 13.3. The van der Waals surface area contributed by atoms with Gasteiger partial charge in [0.1, 0.15) is 23.1 Å². The van der Waals surface area contributed by atoms with Crippen LogP contribution in [0.3, 0.4) is 0 Å². The number of benzene rings is 9. The maximum atomic E-state index is 16.6. The van der Waals surface area contributed by atoms with E-state index in [4.69, 9.17) is 4.74 Å². The molecule has 0 saturated heterocycles. The molecule has 9 aromatic carbocycles. The molecular formula is C70H66BF2NO. The Morgan fingerprint density at radius 2 is 0.787 bits per heavy atom. The van der Waals surface area contributed by atoms with Crippen LogP contribution in [0.1, 0.15) is 105 Å². The second kappa shape index (κ2) is 18.1. The maximum Gasteiger partial charge on any atom is 0.256 e. The Labute approximate surface area is 444 Å². The van der Waals surface area contributed by atoms with Crippen molar-refractivity contribution in [3.05, 3.63) is 216 Å².